The van der Waals surface area contributed by atoms with Gasteiger partial charge in [0.15, 0.2) is 6.61 Å². The maximum absolute atomic E-state index is 12.9. The van der Waals surface area contributed by atoms with Crippen LogP contribution in [0.25, 0.3) is 0 Å². The van der Waals surface area contributed by atoms with Crippen LogP contribution in [-0.4, -0.2) is 18.5 Å². The highest BCUT2D eigenvalue weighted by molar-refractivity contribution is 9.10. The minimum atomic E-state index is -0.460. The second-order valence-electron chi connectivity index (χ2n) is 6.55. The van der Waals surface area contributed by atoms with Gasteiger partial charge < -0.3 is 4.74 Å². The lowest BCUT2D eigenvalue weighted by molar-refractivity contribution is -0.123. The highest BCUT2D eigenvalue weighted by Gasteiger charge is 2.28. The number of para-hydroxylation sites is 2. The van der Waals surface area contributed by atoms with Crippen molar-refractivity contribution >= 4 is 51.0 Å². The van der Waals surface area contributed by atoms with Crippen molar-refractivity contribution in [3.8, 4) is 5.75 Å². The molecular formula is C22H18BrN3O3S. The zero-order valence-corrected chi connectivity index (χ0v) is 18.4. The number of rotatable bonds is 3. The Morgan fingerprint density at radius 1 is 0.967 bits per heavy atom. The molecule has 3 amide bonds. The predicted molar refractivity (Wildman–Crippen MR) is 120 cm³/mol. The van der Waals surface area contributed by atoms with Crippen molar-refractivity contribution in [3.05, 3.63) is 76.8 Å². The summed E-state index contributed by atoms with van der Waals surface area (Å²) in [5.41, 5.74) is 7.33. The standard InChI is InChI=1S/C22H18BrN3O3S/c1-14-12-15(23)10-11-18(14)29-13-21(27)24-25-22(28)26-16-6-2-4-8-19(16)30-20-9-5-3-7-17(20)26/h2-12H,13H2,1H3,(H,24,27)(H,25,28). The average Bonchev–Trinajstić information content (AvgIpc) is 2.75. The molecule has 152 valence electrons. The Hall–Kier alpha value is -2.97. The summed E-state index contributed by atoms with van der Waals surface area (Å²) in [4.78, 5) is 28.6. The van der Waals surface area contributed by atoms with Crippen LogP contribution in [0.5, 0.6) is 5.75 Å². The molecule has 0 atom stereocenters. The number of aryl methyl sites for hydroxylation is 1. The second-order valence-corrected chi connectivity index (χ2v) is 8.55. The fourth-order valence-corrected chi connectivity index (χ4v) is 4.59. The van der Waals surface area contributed by atoms with Crippen molar-refractivity contribution in [1.82, 2.24) is 10.9 Å². The number of fused-ring (bicyclic) bond motifs is 2. The fraction of sp³-hybridized carbons (Fsp3) is 0.0909. The third-order valence-electron chi connectivity index (χ3n) is 4.44. The number of carbonyl (C=O) groups is 2. The lowest BCUT2D eigenvalue weighted by atomic mass is 10.2. The molecule has 0 fully saturated rings. The number of benzene rings is 3. The molecule has 3 aromatic carbocycles. The summed E-state index contributed by atoms with van der Waals surface area (Å²) in [6.07, 6.45) is 0. The van der Waals surface area contributed by atoms with Gasteiger partial charge in [-0.1, -0.05) is 52.0 Å². The first-order valence-corrected chi connectivity index (χ1v) is 10.8. The molecule has 0 aromatic heterocycles. The molecule has 0 spiro atoms. The number of hydrogen-bond acceptors (Lipinski definition) is 4. The SMILES string of the molecule is Cc1cc(Br)ccc1OCC(=O)NNC(=O)N1c2ccccc2Sc2ccccc21. The number of nitrogens with one attached hydrogen (secondary N) is 2. The Labute approximate surface area is 186 Å². The quantitative estimate of drug-likeness (QED) is 0.503. The number of urea groups is 1. The Balaban J connectivity index is 1.42. The summed E-state index contributed by atoms with van der Waals surface area (Å²) in [5.74, 6) is 0.147. The molecule has 6 nitrogen and oxygen atoms in total. The van der Waals surface area contributed by atoms with Crippen LogP contribution < -0.4 is 20.5 Å². The minimum absolute atomic E-state index is 0.216. The molecule has 0 bridgehead atoms. The van der Waals surface area contributed by atoms with E-state index in [1.54, 1.807) is 22.7 Å². The van der Waals surface area contributed by atoms with E-state index in [0.717, 1.165) is 31.2 Å². The van der Waals surface area contributed by atoms with E-state index in [0.29, 0.717) is 5.75 Å². The van der Waals surface area contributed by atoms with Crippen LogP contribution in [0.15, 0.2) is 81.0 Å². The molecule has 1 aliphatic heterocycles. The molecule has 2 N–H and O–H groups in total. The van der Waals surface area contributed by atoms with Gasteiger partial charge in [-0.05, 0) is 55.0 Å². The van der Waals surface area contributed by atoms with Crippen molar-refractivity contribution in [2.24, 2.45) is 0 Å². The van der Waals surface area contributed by atoms with E-state index >= 15 is 0 Å². The minimum Gasteiger partial charge on any atom is -0.483 e. The van der Waals surface area contributed by atoms with E-state index in [-0.39, 0.29) is 6.61 Å². The van der Waals surface area contributed by atoms with Gasteiger partial charge in [0.1, 0.15) is 5.75 Å². The van der Waals surface area contributed by atoms with Crippen molar-refractivity contribution in [2.45, 2.75) is 16.7 Å². The van der Waals surface area contributed by atoms with Gasteiger partial charge in [0.2, 0.25) is 0 Å². The zero-order valence-electron chi connectivity index (χ0n) is 16.0. The van der Waals surface area contributed by atoms with Gasteiger partial charge in [-0.25, -0.2) is 10.2 Å². The predicted octanol–water partition coefficient (Wildman–Crippen LogP) is 5.18. The van der Waals surface area contributed by atoms with E-state index in [2.05, 4.69) is 26.8 Å². The van der Waals surface area contributed by atoms with Gasteiger partial charge in [-0.15, -0.1) is 0 Å². The Morgan fingerprint density at radius 2 is 1.60 bits per heavy atom. The van der Waals surface area contributed by atoms with Gasteiger partial charge in [0.25, 0.3) is 5.91 Å². The van der Waals surface area contributed by atoms with Crippen LogP contribution in [0, 0.1) is 6.92 Å². The monoisotopic (exact) mass is 483 g/mol. The van der Waals surface area contributed by atoms with Crippen LogP contribution in [0.3, 0.4) is 0 Å². The fourth-order valence-electron chi connectivity index (χ4n) is 3.06. The number of anilines is 2. The molecule has 0 saturated carbocycles. The number of hydrogen-bond donors (Lipinski definition) is 2. The first-order chi connectivity index (χ1) is 14.5. The molecule has 30 heavy (non-hydrogen) atoms. The third-order valence-corrected chi connectivity index (χ3v) is 6.06. The van der Waals surface area contributed by atoms with Gasteiger partial charge in [-0.3, -0.25) is 15.1 Å². The van der Waals surface area contributed by atoms with Crippen molar-refractivity contribution in [3.63, 3.8) is 0 Å². The van der Waals surface area contributed by atoms with Gasteiger partial charge in [0.05, 0.1) is 11.4 Å². The van der Waals surface area contributed by atoms with Crippen LogP contribution in [0.2, 0.25) is 0 Å². The highest BCUT2D eigenvalue weighted by atomic mass is 79.9. The molecule has 8 heteroatoms. The normalized spacial score (nSPS) is 11.9. The van der Waals surface area contributed by atoms with E-state index in [4.69, 9.17) is 4.74 Å². The molecule has 0 radical (unpaired) electrons. The first kappa shape index (κ1) is 20.3. The molecular weight excluding hydrogens is 466 g/mol. The Kier molecular flexibility index (Phi) is 5.96. The van der Waals surface area contributed by atoms with E-state index in [1.807, 2.05) is 67.6 Å². The van der Waals surface area contributed by atoms with Gasteiger partial charge >= 0.3 is 6.03 Å². The third kappa shape index (κ3) is 4.29. The highest BCUT2D eigenvalue weighted by Crippen LogP contribution is 2.47. The topological polar surface area (TPSA) is 70.7 Å². The molecule has 4 rings (SSSR count). The Bertz CT molecular complexity index is 1080. The summed E-state index contributed by atoms with van der Waals surface area (Å²) < 4.78 is 6.48. The molecule has 0 unspecified atom stereocenters. The van der Waals surface area contributed by atoms with Crippen LogP contribution in [0.1, 0.15) is 5.56 Å². The number of halogens is 1. The van der Waals surface area contributed by atoms with Crippen molar-refractivity contribution in [1.29, 1.82) is 0 Å². The second kappa shape index (κ2) is 8.81. The lowest BCUT2D eigenvalue weighted by Crippen LogP contribution is -2.49. The number of amides is 3. The summed E-state index contributed by atoms with van der Waals surface area (Å²) in [6, 6.07) is 20.3. The van der Waals surface area contributed by atoms with Crippen LogP contribution >= 0.6 is 27.7 Å². The summed E-state index contributed by atoms with van der Waals surface area (Å²) >= 11 is 4.99. The van der Waals surface area contributed by atoms with E-state index in [9.17, 15) is 9.59 Å². The first-order valence-electron chi connectivity index (χ1n) is 9.17. The smallest absolute Gasteiger partial charge is 0.345 e. The zero-order chi connectivity index (χ0) is 21.1. The summed E-state index contributed by atoms with van der Waals surface area (Å²) in [6.45, 7) is 1.68. The Morgan fingerprint density at radius 3 is 2.23 bits per heavy atom. The largest absolute Gasteiger partial charge is 0.483 e. The molecule has 0 saturated heterocycles. The van der Waals surface area contributed by atoms with Gasteiger partial charge in [-0.2, -0.15) is 0 Å². The summed E-state index contributed by atoms with van der Waals surface area (Å²) in [7, 11) is 0. The van der Waals surface area contributed by atoms with E-state index in [1.165, 1.54) is 0 Å². The lowest BCUT2D eigenvalue weighted by Gasteiger charge is -2.30. The molecule has 1 aliphatic rings. The van der Waals surface area contributed by atoms with Gasteiger partial charge in [0, 0.05) is 14.3 Å². The number of hydrazine groups is 1. The number of carbonyl (C=O) groups excluding carboxylic acids is 2. The maximum Gasteiger partial charge on any atom is 0.345 e. The number of nitrogens with zero attached hydrogens (tertiary/aromatic N) is 1. The number of ether oxygens (including phenoxy) is 1. The molecule has 0 aliphatic carbocycles. The maximum atomic E-state index is 12.9. The van der Waals surface area contributed by atoms with Crippen molar-refractivity contribution in [2.75, 3.05) is 11.5 Å². The molecule has 1 heterocycles. The average molecular weight is 484 g/mol. The van der Waals surface area contributed by atoms with E-state index < -0.39 is 11.9 Å². The summed E-state index contributed by atoms with van der Waals surface area (Å²) in [5, 5.41) is 0. The van der Waals surface area contributed by atoms with Crippen molar-refractivity contribution < 1.29 is 14.3 Å². The van der Waals surface area contributed by atoms with Crippen LogP contribution in [-0.2, 0) is 4.79 Å². The molecule has 3 aromatic rings. The van der Waals surface area contributed by atoms with Crippen LogP contribution in [0.4, 0.5) is 16.2 Å².